The number of likely N-dealkylation sites (N-methyl/N-ethyl adjacent to an activating group) is 1. The van der Waals surface area contributed by atoms with Crippen molar-refractivity contribution in [2.75, 3.05) is 14.2 Å². The fourth-order valence-corrected chi connectivity index (χ4v) is 2.48. The molecule has 2 aromatic rings. The molecule has 0 spiro atoms. The molecule has 2 rings (SSSR count). The molecule has 0 N–H and O–H groups in total. The fourth-order valence-electron chi connectivity index (χ4n) is 1.56. The largest absolute Gasteiger partial charge is 0.274 e. The van der Waals surface area contributed by atoms with Crippen molar-refractivity contribution in [2.24, 2.45) is 0 Å². The zero-order valence-electron chi connectivity index (χ0n) is 11.2. The van der Waals surface area contributed by atoms with Gasteiger partial charge in [-0.25, -0.2) is 9.45 Å². The van der Waals surface area contributed by atoms with Gasteiger partial charge in [0.15, 0.2) is 0 Å². The molecule has 0 aliphatic rings. The molecule has 0 aliphatic carbocycles. The lowest BCUT2D eigenvalue weighted by molar-refractivity contribution is -0.162. The van der Waals surface area contributed by atoms with E-state index in [-0.39, 0.29) is 11.7 Å². The van der Waals surface area contributed by atoms with Crippen molar-refractivity contribution in [2.45, 2.75) is 0 Å². The van der Waals surface area contributed by atoms with Gasteiger partial charge in [-0.2, -0.15) is 0 Å². The van der Waals surface area contributed by atoms with Gasteiger partial charge in [0.1, 0.15) is 5.82 Å². The average molecular weight is 291 g/mol. The molecule has 0 aliphatic heterocycles. The summed E-state index contributed by atoms with van der Waals surface area (Å²) in [7, 11) is 2.98. The number of amides is 1. The van der Waals surface area contributed by atoms with Crippen molar-refractivity contribution in [3.05, 3.63) is 53.2 Å². The topological polar surface area (TPSA) is 29.5 Å². The third-order valence-corrected chi connectivity index (χ3v) is 3.83. The Morgan fingerprint density at radius 2 is 1.95 bits per heavy atom. The van der Waals surface area contributed by atoms with Crippen LogP contribution in [0.3, 0.4) is 0 Å². The first-order chi connectivity index (χ1) is 9.60. The van der Waals surface area contributed by atoms with Crippen LogP contribution in [0.4, 0.5) is 4.39 Å². The molecule has 1 aromatic carbocycles. The molecule has 0 saturated heterocycles. The van der Waals surface area contributed by atoms with Crippen molar-refractivity contribution in [3.8, 4) is 10.4 Å². The van der Waals surface area contributed by atoms with E-state index in [1.165, 1.54) is 36.7 Å². The van der Waals surface area contributed by atoms with Gasteiger partial charge in [-0.05, 0) is 35.9 Å². The van der Waals surface area contributed by atoms with Crippen molar-refractivity contribution in [1.82, 2.24) is 5.06 Å². The van der Waals surface area contributed by atoms with Crippen LogP contribution in [0.2, 0.25) is 0 Å². The first-order valence-electron chi connectivity index (χ1n) is 5.96. The zero-order chi connectivity index (χ0) is 14.5. The van der Waals surface area contributed by atoms with Crippen molar-refractivity contribution >= 4 is 23.3 Å². The van der Waals surface area contributed by atoms with Crippen LogP contribution in [0.25, 0.3) is 16.5 Å². The maximum absolute atomic E-state index is 12.9. The molecule has 1 heterocycles. The number of thiophene rings is 1. The van der Waals surface area contributed by atoms with E-state index in [1.807, 2.05) is 12.1 Å². The van der Waals surface area contributed by atoms with Crippen molar-refractivity contribution in [1.29, 1.82) is 0 Å². The number of hydrogen-bond donors (Lipinski definition) is 0. The first-order valence-corrected chi connectivity index (χ1v) is 6.77. The van der Waals surface area contributed by atoms with Gasteiger partial charge < -0.3 is 0 Å². The molecule has 0 fully saturated rings. The number of carbonyl (C=O) groups excluding carboxylic acids is 1. The Kier molecular flexibility index (Phi) is 4.65. The Hall–Kier alpha value is -1.98. The van der Waals surface area contributed by atoms with E-state index in [2.05, 4.69) is 0 Å². The average Bonchev–Trinajstić information content (AvgIpc) is 2.93. The monoisotopic (exact) mass is 291 g/mol. The standard InChI is InChI=1S/C15H14FNO2S/c1-17(19-2)15(18)10-8-13-7-9-14(20-13)11-3-5-12(16)6-4-11/h3-10H,1-2H3/b10-8+. The summed E-state index contributed by atoms with van der Waals surface area (Å²) >= 11 is 1.53. The molecule has 0 bridgehead atoms. The van der Waals surface area contributed by atoms with Crippen LogP contribution in [-0.4, -0.2) is 25.1 Å². The molecule has 1 aromatic heterocycles. The smallest absolute Gasteiger partial charge is 0.269 e. The zero-order valence-corrected chi connectivity index (χ0v) is 12.0. The Morgan fingerprint density at radius 3 is 2.60 bits per heavy atom. The fraction of sp³-hybridized carbons (Fsp3) is 0.133. The quantitative estimate of drug-likeness (QED) is 0.636. The maximum atomic E-state index is 12.9. The van der Waals surface area contributed by atoms with E-state index in [1.54, 1.807) is 25.3 Å². The summed E-state index contributed by atoms with van der Waals surface area (Å²) in [5, 5.41) is 1.14. The highest BCUT2D eigenvalue weighted by molar-refractivity contribution is 7.16. The van der Waals surface area contributed by atoms with Crippen LogP contribution in [0.1, 0.15) is 4.88 Å². The third-order valence-electron chi connectivity index (χ3n) is 2.73. The number of halogens is 1. The van der Waals surface area contributed by atoms with Gasteiger partial charge in [0.2, 0.25) is 0 Å². The highest BCUT2D eigenvalue weighted by Crippen LogP contribution is 2.28. The highest BCUT2D eigenvalue weighted by Gasteiger charge is 2.04. The summed E-state index contributed by atoms with van der Waals surface area (Å²) in [5.41, 5.74) is 0.955. The normalized spacial score (nSPS) is 10.9. The molecule has 20 heavy (non-hydrogen) atoms. The number of hydroxylamine groups is 2. The van der Waals surface area contributed by atoms with E-state index in [0.717, 1.165) is 20.4 Å². The van der Waals surface area contributed by atoms with Crippen LogP contribution in [0, 0.1) is 5.82 Å². The van der Waals surface area contributed by atoms with E-state index < -0.39 is 0 Å². The van der Waals surface area contributed by atoms with Gasteiger partial charge in [-0.1, -0.05) is 12.1 Å². The molecular weight excluding hydrogens is 277 g/mol. The lowest BCUT2D eigenvalue weighted by Gasteiger charge is -2.09. The summed E-state index contributed by atoms with van der Waals surface area (Å²) < 4.78 is 12.9. The maximum Gasteiger partial charge on any atom is 0.269 e. The Labute approximate surface area is 120 Å². The van der Waals surface area contributed by atoms with E-state index >= 15 is 0 Å². The Bertz CT molecular complexity index is 619. The van der Waals surface area contributed by atoms with Gasteiger partial charge >= 0.3 is 0 Å². The second-order valence-electron chi connectivity index (χ2n) is 4.06. The lowest BCUT2D eigenvalue weighted by atomic mass is 10.2. The molecule has 0 unspecified atom stereocenters. The van der Waals surface area contributed by atoms with Gasteiger partial charge in [0, 0.05) is 22.9 Å². The molecular formula is C15H14FNO2S. The SMILES string of the molecule is CON(C)C(=O)/C=C/c1ccc(-c2ccc(F)cc2)s1. The minimum Gasteiger partial charge on any atom is -0.274 e. The molecule has 1 amide bonds. The number of rotatable bonds is 4. The Balaban J connectivity index is 2.11. The lowest BCUT2D eigenvalue weighted by Crippen LogP contribution is -2.22. The molecule has 0 radical (unpaired) electrons. The van der Waals surface area contributed by atoms with Crippen LogP contribution in [0.5, 0.6) is 0 Å². The predicted molar refractivity (Wildman–Crippen MR) is 78.5 cm³/mol. The highest BCUT2D eigenvalue weighted by atomic mass is 32.1. The molecule has 5 heteroatoms. The summed E-state index contributed by atoms with van der Waals surface area (Å²) in [6, 6.07) is 10.2. The first kappa shape index (κ1) is 14.4. The third kappa shape index (κ3) is 3.53. The minimum absolute atomic E-state index is 0.232. The number of carbonyl (C=O) groups is 1. The van der Waals surface area contributed by atoms with Crippen molar-refractivity contribution in [3.63, 3.8) is 0 Å². The van der Waals surface area contributed by atoms with E-state index in [0.29, 0.717) is 0 Å². The number of benzene rings is 1. The number of nitrogens with zero attached hydrogens (tertiary/aromatic N) is 1. The number of hydrogen-bond acceptors (Lipinski definition) is 3. The van der Waals surface area contributed by atoms with Crippen LogP contribution in [0.15, 0.2) is 42.5 Å². The van der Waals surface area contributed by atoms with Gasteiger partial charge in [0.05, 0.1) is 7.11 Å². The molecule has 0 saturated carbocycles. The van der Waals surface area contributed by atoms with Crippen molar-refractivity contribution < 1.29 is 14.0 Å². The van der Waals surface area contributed by atoms with Crippen LogP contribution in [-0.2, 0) is 9.63 Å². The summed E-state index contributed by atoms with van der Waals surface area (Å²) in [5.74, 6) is -0.483. The van der Waals surface area contributed by atoms with Gasteiger partial charge in [-0.3, -0.25) is 9.63 Å². The second-order valence-corrected chi connectivity index (χ2v) is 5.18. The molecule has 0 atom stereocenters. The summed E-state index contributed by atoms with van der Waals surface area (Å²) in [6.07, 6.45) is 3.18. The van der Waals surface area contributed by atoms with Gasteiger partial charge in [-0.15, -0.1) is 11.3 Å². The summed E-state index contributed by atoms with van der Waals surface area (Å²) in [6.45, 7) is 0. The minimum atomic E-state index is -0.251. The molecule has 104 valence electrons. The van der Waals surface area contributed by atoms with E-state index in [4.69, 9.17) is 4.84 Å². The molecule has 3 nitrogen and oxygen atoms in total. The second kappa shape index (κ2) is 6.45. The predicted octanol–water partition coefficient (Wildman–Crippen LogP) is 3.59. The van der Waals surface area contributed by atoms with Crippen LogP contribution >= 0.6 is 11.3 Å². The van der Waals surface area contributed by atoms with Gasteiger partial charge in [0.25, 0.3) is 5.91 Å². The van der Waals surface area contributed by atoms with Crippen LogP contribution < -0.4 is 0 Å². The summed E-state index contributed by atoms with van der Waals surface area (Å²) in [4.78, 5) is 18.3. The Morgan fingerprint density at radius 1 is 1.25 bits per heavy atom. The van der Waals surface area contributed by atoms with E-state index in [9.17, 15) is 9.18 Å².